The van der Waals surface area contributed by atoms with Crippen LogP contribution in [-0.2, 0) is 14.3 Å². The summed E-state index contributed by atoms with van der Waals surface area (Å²) in [6.45, 7) is 3.76. The fourth-order valence-electron chi connectivity index (χ4n) is 5.90. The highest BCUT2D eigenvalue weighted by atomic mass is 16.5. The lowest BCUT2D eigenvalue weighted by atomic mass is 9.98. The molecule has 0 aromatic heterocycles. The Bertz CT molecular complexity index is 1110. The SMILES string of the molecule is CC(C)(CC(=O)N[C@@H]1C[C@H]2C[C@@]2(C(=O)O)C1)NC(=O)OCC1c2ccccc2-c2ccccc21. The zero-order valence-corrected chi connectivity index (χ0v) is 19.5. The molecule has 0 heterocycles. The van der Waals surface area contributed by atoms with E-state index in [0.717, 1.165) is 11.1 Å². The number of hydrogen-bond donors (Lipinski definition) is 3. The molecule has 0 radical (unpaired) electrons. The monoisotopic (exact) mass is 462 g/mol. The van der Waals surface area contributed by atoms with E-state index in [1.807, 2.05) is 24.3 Å². The third-order valence-corrected chi connectivity index (χ3v) is 7.59. The van der Waals surface area contributed by atoms with Crippen LogP contribution >= 0.6 is 0 Å². The van der Waals surface area contributed by atoms with Crippen LogP contribution in [0.4, 0.5) is 4.79 Å². The maximum atomic E-state index is 12.6. The second kappa shape index (κ2) is 8.15. The number of rotatable bonds is 7. The van der Waals surface area contributed by atoms with E-state index in [2.05, 4.69) is 34.9 Å². The van der Waals surface area contributed by atoms with Gasteiger partial charge < -0.3 is 20.5 Å². The molecule has 2 aromatic carbocycles. The van der Waals surface area contributed by atoms with Crippen molar-refractivity contribution in [2.24, 2.45) is 11.3 Å². The van der Waals surface area contributed by atoms with Crippen molar-refractivity contribution in [2.75, 3.05) is 6.61 Å². The van der Waals surface area contributed by atoms with Gasteiger partial charge in [-0.05, 0) is 61.3 Å². The predicted molar refractivity (Wildman–Crippen MR) is 126 cm³/mol. The van der Waals surface area contributed by atoms with Crippen molar-refractivity contribution in [2.45, 2.75) is 57.0 Å². The second-order valence-corrected chi connectivity index (χ2v) is 10.6. The molecule has 0 saturated heterocycles. The average molecular weight is 463 g/mol. The third-order valence-electron chi connectivity index (χ3n) is 7.59. The van der Waals surface area contributed by atoms with Gasteiger partial charge >= 0.3 is 12.1 Å². The Hall–Kier alpha value is -3.35. The van der Waals surface area contributed by atoms with Gasteiger partial charge in [0.15, 0.2) is 0 Å². The molecule has 5 rings (SSSR count). The van der Waals surface area contributed by atoms with Crippen LogP contribution in [-0.4, -0.2) is 41.3 Å². The van der Waals surface area contributed by atoms with E-state index >= 15 is 0 Å². The van der Waals surface area contributed by atoms with Gasteiger partial charge in [-0.25, -0.2) is 4.79 Å². The van der Waals surface area contributed by atoms with Crippen LogP contribution in [0.1, 0.15) is 56.6 Å². The Morgan fingerprint density at radius 2 is 1.65 bits per heavy atom. The van der Waals surface area contributed by atoms with E-state index in [0.29, 0.717) is 19.3 Å². The Morgan fingerprint density at radius 1 is 1.03 bits per heavy atom. The Labute approximate surface area is 198 Å². The van der Waals surface area contributed by atoms with Gasteiger partial charge in [0.2, 0.25) is 5.91 Å². The molecule has 7 heteroatoms. The molecular formula is C27H30N2O5. The van der Waals surface area contributed by atoms with Crippen LogP contribution in [0.3, 0.4) is 0 Å². The van der Waals surface area contributed by atoms with Gasteiger partial charge in [0.1, 0.15) is 6.61 Å². The van der Waals surface area contributed by atoms with Gasteiger partial charge in [-0.15, -0.1) is 0 Å². The van der Waals surface area contributed by atoms with Crippen molar-refractivity contribution in [1.82, 2.24) is 10.6 Å². The van der Waals surface area contributed by atoms with Crippen LogP contribution in [0.2, 0.25) is 0 Å². The average Bonchev–Trinajstić information content (AvgIpc) is 3.20. The van der Waals surface area contributed by atoms with Crippen molar-refractivity contribution in [3.8, 4) is 11.1 Å². The number of carboxylic acid groups (broad SMARTS) is 1. The summed E-state index contributed by atoms with van der Waals surface area (Å²) in [5.74, 6) is -0.815. The molecule has 0 aliphatic heterocycles. The molecule has 0 spiro atoms. The van der Waals surface area contributed by atoms with E-state index in [-0.39, 0.29) is 36.8 Å². The lowest BCUT2D eigenvalue weighted by Crippen LogP contribution is -2.48. The Morgan fingerprint density at radius 3 is 2.24 bits per heavy atom. The standard InChI is InChI=1S/C27H30N2O5/c1-26(2,14-23(30)28-17-11-16-12-27(16,13-17)24(31)32)29-25(33)34-15-22-20-9-5-3-7-18(20)19-8-4-6-10-21(19)22/h3-10,16-17,22H,11-15H2,1-2H3,(H,28,30)(H,29,33)(H,31,32)/t16-,17+,27+/m0/s1. The number of benzene rings is 2. The van der Waals surface area contributed by atoms with Crippen LogP contribution < -0.4 is 10.6 Å². The number of fused-ring (bicyclic) bond motifs is 4. The van der Waals surface area contributed by atoms with Crippen LogP contribution in [0.25, 0.3) is 11.1 Å². The summed E-state index contributed by atoms with van der Waals surface area (Å²) in [5, 5.41) is 15.2. The van der Waals surface area contributed by atoms with Gasteiger partial charge in [-0.2, -0.15) is 0 Å². The van der Waals surface area contributed by atoms with E-state index < -0.39 is 23.0 Å². The highest BCUT2D eigenvalue weighted by Crippen LogP contribution is 2.63. The molecule has 3 atom stereocenters. The molecule has 3 N–H and O–H groups in total. The third kappa shape index (κ3) is 4.04. The van der Waals surface area contributed by atoms with E-state index in [1.165, 1.54) is 11.1 Å². The minimum atomic E-state index is -0.807. The lowest BCUT2D eigenvalue weighted by Gasteiger charge is -2.27. The molecule has 2 fully saturated rings. The quantitative estimate of drug-likeness (QED) is 0.576. The number of ether oxygens (including phenoxy) is 1. The molecule has 7 nitrogen and oxygen atoms in total. The molecule has 2 amide bonds. The molecule has 34 heavy (non-hydrogen) atoms. The van der Waals surface area contributed by atoms with Gasteiger partial charge in [0.05, 0.1) is 5.41 Å². The van der Waals surface area contributed by atoms with Crippen molar-refractivity contribution in [1.29, 1.82) is 0 Å². The zero-order chi connectivity index (χ0) is 24.1. The van der Waals surface area contributed by atoms with Crippen LogP contribution in [0, 0.1) is 11.3 Å². The summed E-state index contributed by atoms with van der Waals surface area (Å²) in [6.07, 6.45) is 1.42. The van der Waals surface area contributed by atoms with Crippen LogP contribution in [0.5, 0.6) is 0 Å². The highest BCUT2D eigenvalue weighted by Gasteiger charge is 2.65. The molecule has 178 valence electrons. The summed E-state index contributed by atoms with van der Waals surface area (Å²) < 4.78 is 5.60. The summed E-state index contributed by atoms with van der Waals surface area (Å²) in [6, 6.07) is 16.2. The van der Waals surface area contributed by atoms with Crippen molar-refractivity contribution in [3.05, 3.63) is 59.7 Å². The molecule has 0 bridgehead atoms. The largest absolute Gasteiger partial charge is 0.481 e. The number of aliphatic carboxylic acids is 1. The van der Waals surface area contributed by atoms with Crippen molar-refractivity contribution >= 4 is 18.0 Å². The molecular weight excluding hydrogens is 432 g/mol. The second-order valence-electron chi connectivity index (χ2n) is 10.6. The lowest BCUT2D eigenvalue weighted by molar-refractivity contribution is -0.143. The van der Waals surface area contributed by atoms with Gasteiger partial charge in [0, 0.05) is 23.9 Å². The first-order chi connectivity index (χ1) is 16.2. The molecule has 3 aliphatic rings. The summed E-state index contributed by atoms with van der Waals surface area (Å²) in [7, 11) is 0. The minimum absolute atomic E-state index is 0.0279. The number of nitrogens with one attached hydrogen (secondary N) is 2. The molecule has 0 unspecified atom stereocenters. The Balaban J connectivity index is 1.14. The fourth-order valence-corrected chi connectivity index (χ4v) is 5.90. The fraction of sp³-hybridized carbons (Fsp3) is 0.444. The first kappa shape index (κ1) is 22.4. The topological polar surface area (TPSA) is 105 Å². The number of carboxylic acids is 1. The first-order valence-corrected chi connectivity index (χ1v) is 11.8. The van der Waals surface area contributed by atoms with E-state index in [9.17, 15) is 19.5 Å². The normalized spacial score (nSPS) is 24.5. The van der Waals surface area contributed by atoms with Gasteiger partial charge in [0.25, 0.3) is 0 Å². The summed E-state index contributed by atoms with van der Waals surface area (Å²) in [5.41, 5.74) is 3.18. The first-order valence-electron chi connectivity index (χ1n) is 11.8. The maximum absolute atomic E-state index is 12.6. The minimum Gasteiger partial charge on any atom is -0.481 e. The Kier molecular flexibility index (Phi) is 5.38. The highest BCUT2D eigenvalue weighted by molar-refractivity contribution is 5.82. The number of hydrogen-bond acceptors (Lipinski definition) is 4. The zero-order valence-electron chi connectivity index (χ0n) is 19.5. The summed E-state index contributed by atoms with van der Waals surface area (Å²) >= 11 is 0. The molecule has 3 aliphatic carbocycles. The maximum Gasteiger partial charge on any atom is 0.407 e. The number of alkyl carbamates (subject to hydrolysis) is 1. The van der Waals surface area contributed by atoms with E-state index in [4.69, 9.17) is 4.74 Å². The van der Waals surface area contributed by atoms with E-state index in [1.54, 1.807) is 13.8 Å². The number of amides is 2. The molecule has 2 saturated carbocycles. The summed E-state index contributed by atoms with van der Waals surface area (Å²) in [4.78, 5) is 36.6. The van der Waals surface area contributed by atoms with Gasteiger partial charge in [-0.3, -0.25) is 9.59 Å². The number of carbonyl (C=O) groups is 3. The van der Waals surface area contributed by atoms with Gasteiger partial charge in [-0.1, -0.05) is 48.5 Å². The smallest absolute Gasteiger partial charge is 0.407 e. The van der Waals surface area contributed by atoms with Crippen molar-refractivity contribution in [3.63, 3.8) is 0 Å². The predicted octanol–water partition coefficient (Wildman–Crippen LogP) is 4.06. The van der Waals surface area contributed by atoms with Crippen LogP contribution in [0.15, 0.2) is 48.5 Å². The van der Waals surface area contributed by atoms with Crippen molar-refractivity contribution < 1.29 is 24.2 Å². The molecule has 2 aromatic rings. The number of carbonyl (C=O) groups excluding carboxylic acids is 2.